The smallest absolute Gasteiger partial charge is 0.329 e. The lowest BCUT2D eigenvalue weighted by molar-refractivity contribution is -0.150. The van der Waals surface area contributed by atoms with Gasteiger partial charge in [0.2, 0.25) is 0 Å². The number of nitrogens with zero attached hydrogens (tertiary/aromatic N) is 2. The van der Waals surface area contributed by atoms with E-state index < -0.39 is 11.5 Å². The van der Waals surface area contributed by atoms with Crippen molar-refractivity contribution in [3.05, 3.63) is 16.6 Å². The van der Waals surface area contributed by atoms with Gasteiger partial charge in [0, 0.05) is 18.1 Å². The maximum absolute atomic E-state index is 12.4. The summed E-state index contributed by atoms with van der Waals surface area (Å²) in [4.78, 5) is 29.4. The molecule has 1 fully saturated rings. The van der Waals surface area contributed by atoms with Crippen LogP contribution in [0.5, 0.6) is 0 Å². The number of nitrogens with one attached hydrogen (secondary N) is 1. The Balaban J connectivity index is 2.09. The fourth-order valence-corrected chi connectivity index (χ4v) is 3.09. The molecule has 0 aromatic carbocycles. The number of thiazole rings is 1. The van der Waals surface area contributed by atoms with Crippen molar-refractivity contribution in [2.75, 3.05) is 6.54 Å². The van der Waals surface area contributed by atoms with Crippen molar-refractivity contribution in [2.24, 2.45) is 0 Å². The molecule has 0 bridgehead atoms. The maximum Gasteiger partial charge on any atom is 0.329 e. The summed E-state index contributed by atoms with van der Waals surface area (Å²) in [6.45, 7) is 3.93. The number of hydrogen-bond donors (Lipinski definition) is 2. The SMILES string of the molecule is CC(NC(=O)N1CCCCC1(C)C(=O)O)c1nccs1. The van der Waals surface area contributed by atoms with Crippen molar-refractivity contribution in [3.63, 3.8) is 0 Å². The summed E-state index contributed by atoms with van der Waals surface area (Å²) < 4.78 is 0. The van der Waals surface area contributed by atoms with Gasteiger partial charge >= 0.3 is 12.0 Å². The maximum atomic E-state index is 12.4. The Morgan fingerprint density at radius 2 is 2.30 bits per heavy atom. The van der Waals surface area contributed by atoms with E-state index in [2.05, 4.69) is 10.3 Å². The summed E-state index contributed by atoms with van der Waals surface area (Å²) in [5.74, 6) is -0.950. The van der Waals surface area contributed by atoms with Crippen LogP contribution < -0.4 is 5.32 Å². The molecule has 2 unspecified atom stereocenters. The Morgan fingerprint density at radius 3 is 2.90 bits per heavy atom. The van der Waals surface area contributed by atoms with Gasteiger partial charge in [-0.25, -0.2) is 14.6 Å². The lowest BCUT2D eigenvalue weighted by atomic mass is 9.89. The topological polar surface area (TPSA) is 82.5 Å². The fourth-order valence-electron chi connectivity index (χ4n) is 2.44. The number of aliphatic carboxylic acids is 1. The number of carboxylic acid groups (broad SMARTS) is 1. The number of carbonyl (C=O) groups is 2. The molecule has 20 heavy (non-hydrogen) atoms. The average molecular weight is 297 g/mol. The third kappa shape index (κ3) is 2.77. The number of hydrogen-bond acceptors (Lipinski definition) is 4. The summed E-state index contributed by atoms with van der Waals surface area (Å²) in [7, 11) is 0. The van der Waals surface area contributed by atoms with Gasteiger partial charge in [-0.3, -0.25) is 0 Å². The average Bonchev–Trinajstić information content (AvgIpc) is 2.92. The van der Waals surface area contributed by atoms with Crippen molar-refractivity contribution < 1.29 is 14.7 Å². The number of rotatable bonds is 3. The second kappa shape index (κ2) is 5.78. The van der Waals surface area contributed by atoms with Crippen LogP contribution in [-0.2, 0) is 4.79 Å². The molecule has 2 amide bonds. The van der Waals surface area contributed by atoms with Crippen molar-refractivity contribution in [1.29, 1.82) is 0 Å². The fraction of sp³-hybridized carbons (Fsp3) is 0.615. The van der Waals surface area contributed by atoms with Gasteiger partial charge in [-0.2, -0.15) is 0 Å². The minimum Gasteiger partial charge on any atom is -0.480 e. The highest BCUT2D eigenvalue weighted by molar-refractivity contribution is 7.09. The van der Waals surface area contributed by atoms with Gasteiger partial charge in [-0.1, -0.05) is 0 Å². The summed E-state index contributed by atoms with van der Waals surface area (Å²) in [6.07, 6.45) is 3.84. The predicted octanol–water partition coefficient (Wildman–Crippen LogP) is 2.24. The van der Waals surface area contributed by atoms with Gasteiger partial charge in [0.05, 0.1) is 6.04 Å². The molecule has 2 N–H and O–H groups in total. The lowest BCUT2D eigenvalue weighted by Gasteiger charge is -2.41. The van der Waals surface area contributed by atoms with Gasteiger partial charge in [0.15, 0.2) is 0 Å². The molecule has 110 valence electrons. The van der Waals surface area contributed by atoms with Crippen LogP contribution in [0.25, 0.3) is 0 Å². The van der Waals surface area contributed by atoms with Crippen LogP contribution in [-0.4, -0.2) is 39.1 Å². The number of carboxylic acids is 1. The Morgan fingerprint density at radius 1 is 1.55 bits per heavy atom. The van der Waals surface area contributed by atoms with Crippen molar-refractivity contribution >= 4 is 23.3 Å². The Hall–Kier alpha value is -1.63. The second-order valence-electron chi connectivity index (χ2n) is 5.23. The Bertz CT molecular complexity index is 491. The van der Waals surface area contributed by atoms with Crippen molar-refractivity contribution in [1.82, 2.24) is 15.2 Å². The molecule has 6 nitrogen and oxygen atoms in total. The molecule has 7 heteroatoms. The zero-order valence-electron chi connectivity index (χ0n) is 11.6. The molecule has 2 rings (SSSR count). The highest BCUT2D eigenvalue weighted by atomic mass is 32.1. The Kier molecular flexibility index (Phi) is 4.27. The first-order valence-corrected chi connectivity index (χ1v) is 7.54. The van der Waals surface area contributed by atoms with Crippen LogP contribution in [0.4, 0.5) is 4.79 Å². The van der Waals surface area contributed by atoms with E-state index in [-0.39, 0.29) is 12.1 Å². The predicted molar refractivity (Wildman–Crippen MR) is 75.7 cm³/mol. The molecule has 2 heterocycles. The molecule has 0 saturated carbocycles. The molecule has 0 aliphatic carbocycles. The molecular formula is C13H19N3O3S. The number of urea groups is 1. The molecule has 1 aromatic rings. The number of aromatic nitrogens is 1. The second-order valence-corrected chi connectivity index (χ2v) is 6.16. The van der Waals surface area contributed by atoms with E-state index in [1.54, 1.807) is 13.1 Å². The molecular weight excluding hydrogens is 278 g/mol. The number of likely N-dealkylation sites (tertiary alicyclic amines) is 1. The first-order valence-electron chi connectivity index (χ1n) is 6.66. The van der Waals surface area contributed by atoms with Crippen molar-refractivity contribution in [2.45, 2.75) is 44.7 Å². The summed E-state index contributed by atoms with van der Waals surface area (Å²) in [5, 5.41) is 14.9. The number of piperidine rings is 1. The van der Waals surface area contributed by atoms with E-state index in [0.29, 0.717) is 13.0 Å². The van der Waals surface area contributed by atoms with Crippen LogP contribution >= 0.6 is 11.3 Å². The third-order valence-corrected chi connectivity index (χ3v) is 4.72. The van der Waals surface area contributed by atoms with E-state index in [1.165, 1.54) is 16.2 Å². The minimum atomic E-state index is -1.12. The molecule has 0 radical (unpaired) electrons. The first-order chi connectivity index (χ1) is 9.45. The molecule has 1 aliphatic rings. The van der Waals surface area contributed by atoms with E-state index >= 15 is 0 Å². The molecule has 1 aliphatic heterocycles. The summed E-state index contributed by atoms with van der Waals surface area (Å²) in [6, 6.07) is -0.556. The van der Waals surface area contributed by atoms with Crippen LogP contribution in [0, 0.1) is 0 Å². The third-order valence-electron chi connectivity index (χ3n) is 3.76. The van der Waals surface area contributed by atoms with Gasteiger partial charge in [-0.05, 0) is 33.1 Å². The number of carbonyl (C=O) groups excluding carboxylic acids is 1. The number of amides is 2. The summed E-state index contributed by atoms with van der Waals surface area (Å²) in [5.41, 5.74) is -1.12. The minimum absolute atomic E-state index is 0.220. The quantitative estimate of drug-likeness (QED) is 0.896. The summed E-state index contributed by atoms with van der Waals surface area (Å²) >= 11 is 1.47. The standard InChI is InChI=1S/C13H19N3O3S/c1-9(10-14-6-8-20-10)15-12(19)16-7-4-3-5-13(16,2)11(17)18/h6,8-9H,3-5,7H2,1-2H3,(H,15,19)(H,17,18). The Labute approximate surface area is 121 Å². The van der Waals surface area contributed by atoms with Crippen molar-refractivity contribution in [3.8, 4) is 0 Å². The van der Waals surface area contributed by atoms with Crippen LogP contribution in [0.2, 0.25) is 0 Å². The highest BCUT2D eigenvalue weighted by Gasteiger charge is 2.44. The molecule has 1 aromatic heterocycles. The van der Waals surface area contributed by atoms with Gasteiger partial charge < -0.3 is 15.3 Å². The molecule has 0 spiro atoms. The van der Waals surface area contributed by atoms with E-state index in [0.717, 1.165) is 17.8 Å². The van der Waals surface area contributed by atoms with Crippen LogP contribution in [0.3, 0.4) is 0 Å². The largest absolute Gasteiger partial charge is 0.480 e. The first kappa shape index (κ1) is 14.8. The zero-order valence-corrected chi connectivity index (χ0v) is 12.4. The van der Waals surface area contributed by atoms with Gasteiger partial charge in [0.1, 0.15) is 10.5 Å². The lowest BCUT2D eigenvalue weighted by Crippen LogP contribution is -2.60. The normalized spacial score (nSPS) is 24.2. The van der Waals surface area contributed by atoms with Crippen LogP contribution in [0.1, 0.15) is 44.2 Å². The van der Waals surface area contributed by atoms with E-state index in [9.17, 15) is 14.7 Å². The van der Waals surface area contributed by atoms with Crippen LogP contribution in [0.15, 0.2) is 11.6 Å². The van der Waals surface area contributed by atoms with E-state index in [4.69, 9.17) is 0 Å². The highest BCUT2D eigenvalue weighted by Crippen LogP contribution is 2.28. The zero-order chi connectivity index (χ0) is 14.8. The van der Waals surface area contributed by atoms with Gasteiger partial charge in [-0.15, -0.1) is 11.3 Å². The molecule has 2 atom stereocenters. The monoisotopic (exact) mass is 297 g/mol. The van der Waals surface area contributed by atoms with Gasteiger partial charge in [0.25, 0.3) is 0 Å². The molecule has 1 saturated heterocycles. The van der Waals surface area contributed by atoms with E-state index in [1.807, 2.05) is 12.3 Å².